The van der Waals surface area contributed by atoms with Gasteiger partial charge in [0.2, 0.25) is 5.91 Å². The van der Waals surface area contributed by atoms with E-state index in [0.29, 0.717) is 18.7 Å². The second-order valence-electron chi connectivity index (χ2n) is 5.55. The third-order valence-corrected chi connectivity index (χ3v) is 5.26. The van der Waals surface area contributed by atoms with Crippen molar-refractivity contribution in [1.29, 1.82) is 0 Å². The number of carbonyl (C=O) groups is 1. The van der Waals surface area contributed by atoms with Gasteiger partial charge < -0.3 is 4.90 Å². The fraction of sp³-hybridized carbons (Fsp3) is 0.188. The number of nitrogens with one attached hydrogen (secondary N) is 1. The summed E-state index contributed by atoms with van der Waals surface area (Å²) >= 11 is 0. The van der Waals surface area contributed by atoms with Crippen LogP contribution in [0.3, 0.4) is 0 Å². The summed E-state index contributed by atoms with van der Waals surface area (Å²) in [5, 5.41) is 10.6. The summed E-state index contributed by atoms with van der Waals surface area (Å²) in [7, 11) is -3.85. The second kappa shape index (κ2) is 6.52. The Bertz CT molecular complexity index is 908. The summed E-state index contributed by atoms with van der Waals surface area (Å²) in [5.74, 6) is 0.0548. The maximum Gasteiger partial charge on any atom is 0.269 e. The van der Waals surface area contributed by atoms with Crippen molar-refractivity contribution < 1.29 is 18.1 Å². The molecule has 9 heteroatoms. The van der Waals surface area contributed by atoms with Gasteiger partial charge in [0.1, 0.15) is 0 Å². The third-order valence-electron chi connectivity index (χ3n) is 3.86. The maximum atomic E-state index is 12.3. The molecule has 0 saturated carbocycles. The van der Waals surface area contributed by atoms with Crippen LogP contribution in [0.5, 0.6) is 0 Å². The minimum atomic E-state index is -3.85. The molecule has 0 unspecified atom stereocenters. The monoisotopic (exact) mass is 361 g/mol. The van der Waals surface area contributed by atoms with Gasteiger partial charge in [-0.3, -0.25) is 19.6 Å². The van der Waals surface area contributed by atoms with Crippen LogP contribution in [0.25, 0.3) is 0 Å². The normalized spacial score (nSPS) is 14.6. The lowest BCUT2D eigenvalue weighted by Gasteiger charge is -2.16. The first-order chi connectivity index (χ1) is 11.9. The van der Waals surface area contributed by atoms with Crippen LogP contribution in [0.15, 0.2) is 53.4 Å². The van der Waals surface area contributed by atoms with Crippen LogP contribution in [0, 0.1) is 10.1 Å². The van der Waals surface area contributed by atoms with Crippen molar-refractivity contribution in [1.82, 2.24) is 0 Å². The first-order valence-electron chi connectivity index (χ1n) is 7.54. The van der Waals surface area contributed by atoms with Crippen molar-refractivity contribution >= 4 is 33.0 Å². The molecule has 0 radical (unpaired) electrons. The van der Waals surface area contributed by atoms with E-state index in [0.717, 1.165) is 24.2 Å². The topological polar surface area (TPSA) is 110 Å². The summed E-state index contributed by atoms with van der Waals surface area (Å²) in [6.45, 7) is 0.659. The van der Waals surface area contributed by atoms with Crippen LogP contribution >= 0.6 is 0 Å². The van der Waals surface area contributed by atoms with Crippen molar-refractivity contribution in [2.45, 2.75) is 17.7 Å². The lowest BCUT2D eigenvalue weighted by molar-refractivity contribution is -0.384. The SMILES string of the molecule is O=C1CCCN1c1ccc(NS(=O)(=O)c2ccc([N+](=O)[O-])cc2)cc1. The number of sulfonamides is 1. The van der Waals surface area contributed by atoms with E-state index in [1.54, 1.807) is 29.2 Å². The number of nitro benzene ring substituents is 1. The van der Waals surface area contributed by atoms with E-state index in [1.807, 2.05) is 0 Å². The highest BCUT2D eigenvalue weighted by atomic mass is 32.2. The Hall–Kier alpha value is -2.94. The number of benzene rings is 2. The van der Waals surface area contributed by atoms with Gasteiger partial charge >= 0.3 is 0 Å². The fourth-order valence-electron chi connectivity index (χ4n) is 2.59. The molecule has 1 N–H and O–H groups in total. The molecule has 1 fully saturated rings. The molecule has 0 spiro atoms. The quantitative estimate of drug-likeness (QED) is 0.650. The number of hydrogen-bond acceptors (Lipinski definition) is 5. The standard InChI is InChI=1S/C16H15N3O5S/c20-16-2-1-11-18(16)13-5-3-12(4-6-13)17-25(23,24)15-9-7-14(8-10-15)19(21)22/h3-10,17H,1-2,11H2. The van der Waals surface area contributed by atoms with Gasteiger partial charge in [-0.15, -0.1) is 0 Å². The number of hydrogen-bond donors (Lipinski definition) is 1. The van der Waals surface area contributed by atoms with Crippen molar-refractivity contribution in [3.63, 3.8) is 0 Å². The molecular weight excluding hydrogens is 346 g/mol. The van der Waals surface area contributed by atoms with Gasteiger partial charge in [-0.05, 0) is 42.8 Å². The van der Waals surface area contributed by atoms with E-state index in [9.17, 15) is 23.3 Å². The number of amides is 1. The summed E-state index contributed by atoms with van der Waals surface area (Å²) in [6, 6.07) is 11.1. The second-order valence-corrected chi connectivity index (χ2v) is 7.23. The van der Waals surface area contributed by atoms with Crippen LogP contribution in [-0.2, 0) is 14.8 Å². The predicted molar refractivity (Wildman–Crippen MR) is 91.9 cm³/mol. The van der Waals surface area contributed by atoms with Crippen LogP contribution in [0.4, 0.5) is 17.1 Å². The van der Waals surface area contributed by atoms with E-state index in [2.05, 4.69) is 4.72 Å². The molecule has 1 aliphatic rings. The smallest absolute Gasteiger partial charge is 0.269 e. The van der Waals surface area contributed by atoms with Gasteiger partial charge in [0, 0.05) is 36.5 Å². The Morgan fingerprint density at radius 3 is 2.20 bits per heavy atom. The highest BCUT2D eigenvalue weighted by molar-refractivity contribution is 7.92. The summed E-state index contributed by atoms with van der Waals surface area (Å²) in [5.41, 5.74) is 0.883. The molecule has 1 amide bonds. The van der Waals surface area contributed by atoms with Gasteiger partial charge in [0.25, 0.3) is 15.7 Å². The fourth-order valence-corrected chi connectivity index (χ4v) is 3.65. The van der Waals surface area contributed by atoms with E-state index in [-0.39, 0.29) is 16.5 Å². The molecule has 2 aromatic carbocycles. The number of non-ortho nitro benzene ring substituents is 1. The van der Waals surface area contributed by atoms with E-state index < -0.39 is 14.9 Å². The van der Waals surface area contributed by atoms with Crippen LogP contribution in [-0.4, -0.2) is 25.8 Å². The van der Waals surface area contributed by atoms with Gasteiger partial charge in [-0.2, -0.15) is 0 Å². The molecule has 1 heterocycles. The molecule has 0 aromatic heterocycles. The first kappa shape index (κ1) is 16.9. The molecule has 25 heavy (non-hydrogen) atoms. The number of anilines is 2. The Morgan fingerprint density at radius 1 is 1.04 bits per heavy atom. The number of nitro groups is 1. The minimum absolute atomic E-state index is 0.0548. The Balaban J connectivity index is 1.76. The number of nitrogens with zero attached hydrogens (tertiary/aromatic N) is 2. The minimum Gasteiger partial charge on any atom is -0.312 e. The van der Waals surface area contributed by atoms with Gasteiger partial charge in [-0.25, -0.2) is 8.42 Å². The van der Waals surface area contributed by atoms with Crippen molar-refractivity contribution in [3.8, 4) is 0 Å². The van der Waals surface area contributed by atoms with E-state index in [4.69, 9.17) is 0 Å². The predicted octanol–water partition coefficient (Wildman–Crippen LogP) is 2.52. The molecule has 1 saturated heterocycles. The third kappa shape index (κ3) is 3.61. The molecule has 0 aliphatic carbocycles. The zero-order valence-electron chi connectivity index (χ0n) is 13.1. The Labute approximate surface area is 144 Å². The summed E-state index contributed by atoms with van der Waals surface area (Å²) < 4.78 is 27.1. The highest BCUT2D eigenvalue weighted by Gasteiger charge is 2.22. The lowest BCUT2D eigenvalue weighted by atomic mass is 10.2. The zero-order chi connectivity index (χ0) is 18.0. The Morgan fingerprint density at radius 2 is 1.68 bits per heavy atom. The van der Waals surface area contributed by atoms with Gasteiger partial charge in [0.15, 0.2) is 0 Å². The van der Waals surface area contributed by atoms with Crippen LogP contribution < -0.4 is 9.62 Å². The molecule has 8 nitrogen and oxygen atoms in total. The molecule has 2 aromatic rings. The highest BCUT2D eigenvalue weighted by Crippen LogP contribution is 2.24. The molecular formula is C16H15N3O5S. The molecule has 130 valence electrons. The lowest BCUT2D eigenvalue weighted by Crippen LogP contribution is -2.23. The number of rotatable bonds is 5. The van der Waals surface area contributed by atoms with E-state index in [1.165, 1.54) is 12.1 Å². The van der Waals surface area contributed by atoms with E-state index >= 15 is 0 Å². The van der Waals surface area contributed by atoms with Gasteiger partial charge in [-0.1, -0.05) is 0 Å². The average Bonchev–Trinajstić information content (AvgIpc) is 3.01. The molecule has 0 bridgehead atoms. The first-order valence-corrected chi connectivity index (χ1v) is 9.03. The van der Waals surface area contributed by atoms with Crippen molar-refractivity contribution in [2.75, 3.05) is 16.2 Å². The molecule has 3 rings (SSSR count). The largest absolute Gasteiger partial charge is 0.312 e. The summed E-state index contributed by atoms with van der Waals surface area (Å²) in [6.07, 6.45) is 1.34. The van der Waals surface area contributed by atoms with Crippen molar-refractivity contribution in [2.24, 2.45) is 0 Å². The average molecular weight is 361 g/mol. The summed E-state index contributed by atoms with van der Waals surface area (Å²) in [4.78, 5) is 23.3. The van der Waals surface area contributed by atoms with Gasteiger partial charge in [0.05, 0.1) is 9.82 Å². The van der Waals surface area contributed by atoms with Crippen molar-refractivity contribution in [3.05, 3.63) is 58.6 Å². The maximum absolute atomic E-state index is 12.3. The zero-order valence-corrected chi connectivity index (χ0v) is 13.9. The van der Waals surface area contributed by atoms with Crippen LogP contribution in [0.2, 0.25) is 0 Å². The molecule has 1 aliphatic heterocycles. The van der Waals surface area contributed by atoms with Crippen LogP contribution in [0.1, 0.15) is 12.8 Å². The number of carbonyl (C=O) groups excluding carboxylic acids is 1. The molecule has 0 atom stereocenters. The Kier molecular flexibility index (Phi) is 4.41.